The lowest BCUT2D eigenvalue weighted by molar-refractivity contribution is -0.147. The van der Waals surface area contributed by atoms with Gasteiger partial charge in [-0.2, -0.15) is 0 Å². The van der Waals surface area contributed by atoms with Crippen LogP contribution in [-0.2, 0) is 14.3 Å². The number of thiocarbonyl (C=S) groups is 1. The van der Waals surface area contributed by atoms with Crippen LogP contribution in [0.2, 0.25) is 0 Å². The lowest BCUT2D eigenvalue weighted by Crippen LogP contribution is -2.54. The van der Waals surface area contributed by atoms with Gasteiger partial charge in [0, 0.05) is 0 Å². The lowest BCUT2D eigenvalue weighted by atomic mass is 9.84. The Balaban J connectivity index is 2.87. The highest BCUT2D eigenvalue weighted by Gasteiger charge is 2.45. The Hall–Kier alpha value is -1.17. The molecule has 1 amide bonds. The van der Waals surface area contributed by atoms with Crippen LogP contribution in [0.5, 0.6) is 0 Å². The summed E-state index contributed by atoms with van der Waals surface area (Å²) in [5.74, 6) is -0.748. The summed E-state index contributed by atoms with van der Waals surface area (Å²) in [6.07, 6.45) is 3.16. The van der Waals surface area contributed by atoms with Crippen molar-refractivity contribution in [2.24, 2.45) is 17.1 Å². The number of hydrogen-bond acceptors (Lipinski definition) is 4. The van der Waals surface area contributed by atoms with E-state index in [-0.39, 0.29) is 16.8 Å². The highest BCUT2D eigenvalue weighted by Crippen LogP contribution is 2.38. The smallest absolute Gasteiger partial charge is 0.328 e. The second kappa shape index (κ2) is 6.32. The Labute approximate surface area is 119 Å². The summed E-state index contributed by atoms with van der Waals surface area (Å²) in [6.45, 7) is 3.70. The van der Waals surface area contributed by atoms with Crippen molar-refractivity contribution in [3.8, 4) is 0 Å². The predicted octanol–water partition coefficient (Wildman–Crippen LogP) is 1.15. The van der Waals surface area contributed by atoms with Gasteiger partial charge in [-0.3, -0.25) is 4.79 Å². The molecule has 1 rings (SSSR count). The fourth-order valence-electron chi connectivity index (χ4n) is 2.47. The number of carbonyl (C=O) groups excluding carboxylic acids is 2. The summed E-state index contributed by atoms with van der Waals surface area (Å²) in [5.41, 5.74) is 4.95. The molecule has 0 saturated heterocycles. The third-order valence-electron chi connectivity index (χ3n) is 3.77. The van der Waals surface area contributed by atoms with Crippen LogP contribution in [0.3, 0.4) is 0 Å². The van der Waals surface area contributed by atoms with E-state index in [9.17, 15) is 9.59 Å². The molecule has 0 aromatic heterocycles. The highest BCUT2D eigenvalue weighted by atomic mass is 32.1. The molecular formula is C13H22N2O3S. The largest absolute Gasteiger partial charge is 0.467 e. The summed E-state index contributed by atoms with van der Waals surface area (Å²) in [6, 6.07) is -0.663. The summed E-state index contributed by atoms with van der Waals surface area (Å²) < 4.78 is 4.71. The summed E-state index contributed by atoms with van der Waals surface area (Å²) in [4.78, 5) is 24.4. The number of methoxy groups -OCH3 is 1. The molecule has 1 saturated carbocycles. The van der Waals surface area contributed by atoms with Crippen molar-refractivity contribution < 1.29 is 14.3 Å². The third-order valence-corrected chi connectivity index (χ3v) is 4.16. The van der Waals surface area contributed by atoms with Crippen LogP contribution in [0.1, 0.15) is 39.5 Å². The van der Waals surface area contributed by atoms with Crippen LogP contribution in [-0.4, -0.2) is 30.0 Å². The number of carbonyl (C=O) groups is 2. The quantitative estimate of drug-likeness (QED) is 0.585. The zero-order chi connectivity index (χ0) is 14.6. The first-order chi connectivity index (χ1) is 8.85. The zero-order valence-electron chi connectivity index (χ0n) is 11.7. The first-order valence-electron chi connectivity index (χ1n) is 6.54. The van der Waals surface area contributed by atoms with Gasteiger partial charge in [0.2, 0.25) is 5.91 Å². The number of esters is 1. The van der Waals surface area contributed by atoms with E-state index in [1.807, 2.05) is 13.8 Å². The standard InChI is InChI=1S/C13H22N2O3S/c1-8(2)9(10(16)18-3)15-12(17)13(11(14)19)6-4-5-7-13/h8-9H,4-7H2,1-3H3,(H2,14,19)(H,15,17). The molecule has 1 unspecified atom stereocenters. The fraction of sp³-hybridized carbons (Fsp3) is 0.769. The van der Waals surface area contributed by atoms with Crippen molar-refractivity contribution in [1.29, 1.82) is 0 Å². The average molecular weight is 286 g/mol. The number of nitrogens with two attached hydrogens (primary N) is 1. The first-order valence-corrected chi connectivity index (χ1v) is 6.94. The molecule has 6 heteroatoms. The third kappa shape index (κ3) is 3.23. The molecular weight excluding hydrogens is 264 g/mol. The van der Waals surface area contributed by atoms with E-state index in [1.165, 1.54) is 7.11 Å². The minimum Gasteiger partial charge on any atom is -0.467 e. The number of ether oxygens (including phenoxy) is 1. The minimum atomic E-state index is -0.795. The molecule has 0 spiro atoms. The minimum absolute atomic E-state index is 0.0544. The molecule has 0 aromatic rings. The van der Waals surface area contributed by atoms with Crippen LogP contribution in [0.15, 0.2) is 0 Å². The van der Waals surface area contributed by atoms with Crippen LogP contribution in [0.25, 0.3) is 0 Å². The highest BCUT2D eigenvalue weighted by molar-refractivity contribution is 7.80. The normalized spacial score (nSPS) is 18.9. The summed E-state index contributed by atoms with van der Waals surface area (Å²) in [5, 5.41) is 2.75. The second-order valence-electron chi connectivity index (χ2n) is 5.37. The van der Waals surface area contributed by atoms with Crippen molar-refractivity contribution in [3.63, 3.8) is 0 Å². The van der Waals surface area contributed by atoms with Crippen molar-refractivity contribution in [2.75, 3.05) is 7.11 Å². The number of hydrogen-bond donors (Lipinski definition) is 2. The van der Waals surface area contributed by atoms with Gasteiger partial charge in [0.25, 0.3) is 0 Å². The van der Waals surface area contributed by atoms with Crippen molar-refractivity contribution >= 4 is 29.1 Å². The van der Waals surface area contributed by atoms with E-state index in [0.29, 0.717) is 12.8 Å². The van der Waals surface area contributed by atoms with E-state index in [4.69, 9.17) is 22.7 Å². The molecule has 1 aliphatic rings. The molecule has 0 aliphatic heterocycles. The maximum Gasteiger partial charge on any atom is 0.328 e. The Morgan fingerprint density at radius 3 is 2.21 bits per heavy atom. The number of amides is 1. The van der Waals surface area contributed by atoms with Gasteiger partial charge in [-0.1, -0.05) is 38.9 Å². The Morgan fingerprint density at radius 1 is 1.32 bits per heavy atom. The lowest BCUT2D eigenvalue weighted by Gasteiger charge is -2.29. The first kappa shape index (κ1) is 15.9. The molecule has 108 valence electrons. The van der Waals surface area contributed by atoms with Gasteiger partial charge in [-0.05, 0) is 18.8 Å². The molecule has 0 bridgehead atoms. The molecule has 0 heterocycles. The summed E-state index contributed by atoms with van der Waals surface area (Å²) in [7, 11) is 1.31. The van der Waals surface area contributed by atoms with E-state index in [0.717, 1.165) is 12.8 Å². The SMILES string of the molecule is COC(=O)C(NC(=O)C1(C(N)=S)CCCC1)C(C)C. The number of rotatable bonds is 5. The Kier molecular flexibility index (Phi) is 5.29. The topological polar surface area (TPSA) is 81.4 Å². The average Bonchev–Trinajstić information content (AvgIpc) is 2.84. The van der Waals surface area contributed by atoms with Crippen LogP contribution < -0.4 is 11.1 Å². The van der Waals surface area contributed by atoms with Crippen molar-refractivity contribution in [1.82, 2.24) is 5.32 Å². The summed E-state index contributed by atoms with van der Waals surface area (Å²) >= 11 is 5.06. The van der Waals surface area contributed by atoms with E-state index in [2.05, 4.69) is 5.32 Å². The van der Waals surface area contributed by atoms with E-state index < -0.39 is 17.4 Å². The van der Waals surface area contributed by atoms with Crippen LogP contribution in [0, 0.1) is 11.3 Å². The van der Waals surface area contributed by atoms with Gasteiger partial charge in [0.05, 0.1) is 17.5 Å². The van der Waals surface area contributed by atoms with Gasteiger partial charge in [-0.15, -0.1) is 0 Å². The Bertz CT molecular complexity index is 376. The number of nitrogens with one attached hydrogen (secondary N) is 1. The molecule has 0 radical (unpaired) electrons. The van der Waals surface area contributed by atoms with Gasteiger partial charge >= 0.3 is 5.97 Å². The van der Waals surface area contributed by atoms with Gasteiger partial charge in [0.15, 0.2) is 0 Å². The Morgan fingerprint density at radius 2 is 1.84 bits per heavy atom. The molecule has 1 aliphatic carbocycles. The molecule has 0 aromatic carbocycles. The predicted molar refractivity (Wildman–Crippen MR) is 76.5 cm³/mol. The molecule has 3 N–H and O–H groups in total. The van der Waals surface area contributed by atoms with Gasteiger partial charge in [0.1, 0.15) is 6.04 Å². The fourth-order valence-corrected chi connectivity index (χ4v) is 2.76. The van der Waals surface area contributed by atoms with Crippen LogP contribution in [0.4, 0.5) is 0 Å². The van der Waals surface area contributed by atoms with Gasteiger partial charge in [-0.25, -0.2) is 4.79 Å². The molecule has 19 heavy (non-hydrogen) atoms. The van der Waals surface area contributed by atoms with Crippen molar-refractivity contribution in [2.45, 2.75) is 45.6 Å². The molecule has 1 atom stereocenters. The van der Waals surface area contributed by atoms with Crippen LogP contribution >= 0.6 is 12.2 Å². The zero-order valence-corrected chi connectivity index (χ0v) is 12.5. The van der Waals surface area contributed by atoms with Crippen molar-refractivity contribution in [3.05, 3.63) is 0 Å². The molecule has 1 fully saturated rings. The monoisotopic (exact) mass is 286 g/mol. The van der Waals surface area contributed by atoms with E-state index in [1.54, 1.807) is 0 Å². The van der Waals surface area contributed by atoms with Gasteiger partial charge < -0.3 is 15.8 Å². The molecule has 5 nitrogen and oxygen atoms in total. The second-order valence-corrected chi connectivity index (χ2v) is 5.81. The maximum absolute atomic E-state index is 12.5. The van der Waals surface area contributed by atoms with E-state index >= 15 is 0 Å². The maximum atomic E-state index is 12.5.